The highest BCUT2D eigenvalue weighted by molar-refractivity contribution is 5.72. The Morgan fingerprint density at radius 1 is 1.04 bits per heavy atom. The minimum absolute atomic E-state index is 0.164. The number of para-hydroxylation sites is 1. The van der Waals surface area contributed by atoms with Crippen molar-refractivity contribution >= 4 is 12.0 Å². The lowest BCUT2D eigenvalue weighted by molar-refractivity contribution is 0.301. The van der Waals surface area contributed by atoms with Gasteiger partial charge in [-0.2, -0.15) is 5.10 Å². The van der Waals surface area contributed by atoms with E-state index in [-0.39, 0.29) is 5.92 Å². The van der Waals surface area contributed by atoms with Gasteiger partial charge in [0.25, 0.3) is 0 Å². The molecule has 1 aromatic carbocycles. The molecule has 26 heavy (non-hydrogen) atoms. The third kappa shape index (κ3) is 3.64. The minimum atomic E-state index is 0.164. The molecule has 0 spiro atoms. The molecule has 1 aliphatic heterocycles. The van der Waals surface area contributed by atoms with Gasteiger partial charge in [0.2, 0.25) is 5.88 Å². The molecule has 1 atom stereocenters. The van der Waals surface area contributed by atoms with E-state index in [4.69, 9.17) is 10.5 Å². The molecule has 0 aliphatic carbocycles. The Kier molecular flexibility index (Phi) is 4.47. The average Bonchev–Trinajstić information content (AvgIpc) is 3.13. The van der Waals surface area contributed by atoms with Gasteiger partial charge in [0.1, 0.15) is 11.6 Å². The van der Waals surface area contributed by atoms with Gasteiger partial charge in [-0.1, -0.05) is 30.3 Å². The van der Waals surface area contributed by atoms with Crippen molar-refractivity contribution in [2.24, 2.45) is 5.10 Å². The molecular formula is C20H19N5O. The zero-order chi connectivity index (χ0) is 17.8. The SMILES string of the molecule is Nc1ncccc1C1C=NN(Cc2ccc(Oc3ccccc3)nc2)C1. The fourth-order valence-corrected chi connectivity index (χ4v) is 2.91. The topological polar surface area (TPSA) is 76.6 Å². The summed E-state index contributed by atoms with van der Waals surface area (Å²) in [7, 11) is 0. The van der Waals surface area contributed by atoms with Crippen LogP contribution in [0.15, 0.2) is 72.1 Å². The molecule has 6 nitrogen and oxygen atoms in total. The molecule has 1 unspecified atom stereocenters. The van der Waals surface area contributed by atoms with Gasteiger partial charge in [-0.15, -0.1) is 0 Å². The standard InChI is InChI=1S/C20H19N5O/c21-20-18(7-4-10-22-20)16-12-24-25(14-16)13-15-8-9-19(23-11-15)26-17-5-2-1-3-6-17/h1-12,16H,13-14H2,(H2,21,22). The fraction of sp³-hybridized carbons (Fsp3) is 0.150. The van der Waals surface area contributed by atoms with Crippen molar-refractivity contribution in [1.82, 2.24) is 15.0 Å². The summed E-state index contributed by atoms with van der Waals surface area (Å²) in [6.07, 6.45) is 5.45. The highest BCUT2D eigenvalue weighted by Gasteiger charge is 2.21. The molecule has 3 aromatic rings. The van der Waals surface area contributed by atoms with Crippen molar-refractivity contribution in [2.45, 2.75) is 12.5 Å². The lowest BCUT2D eigenvalue weighted by Crippen LogP contribution is -2.18. The summed E-state index contributed by atoms with van der Waals surface area (Å²) < 4.78 is 5.72. The molecule has 2 N–H and O–H groups in total. The lowest BCUT2D eigenvalue weighted by atomic mass is 10.0. The van der Waals surface area contributed by atoms with E-state index in [0.29, 0.717) is 18.2 Å². The van der Waals surface area contributed by atoms with Crippen LogP contribution < -0.4 is 10.5 Å². The van der Waals surface area contributed by atoms with Crippen molar-refractivity contribution in [3.63, 3.8) is 0 Å². The van der Waals surface area contributed by atoms with E-state index >= 15 is 0 Å². The number of benzene rings is 1. The van der Waals surface area contributed by atoms with Crippen molar-refractivity contribution in [1.29, 1.82) is 0 Å². The normalized spacial score (nSPS) is 16.0. The predicted octanol–water partition coefficient (Wildman–Crippen LogP) is 3.44. The highest BCUT2D eigenvalue weighted by atomic mass is 16.5. The van der Waals surface area contributed by atoms with E-state index in [1.165, 1.54) is 0 Å². The van der Waals surface area contributed by atoms with Crippen molar-refractivity contribution < 1.29 is 4.74 Å². The molecule has 3 heterocycles. The molecular weight excluding hydrogens is 326 g/mol. The molecule has 2 aromatic heterocycles. The third-order valence-corrected chi connectivity index (χ3v) is 4.22. The lowest BCUT2D eigenvalue weighted by Gasteiger charge is -2.16. The Morgan fingerprint density at radius 3 is 2.69 bits per heavy atom. The van der Waals surface area contributed by atoms with E-state index < -0.39 is 0 Å². The van der Waals surface area contributed by atoms with Crippen LogP contribution in [0.3, 0.4) is 0 Å². The summed E-state index contributed by atoms with van der Waals surface area (Å²) in [5, 5.41) is 6.49. The first-order valence-corrected chi connectivity index (χ1v) is 8.45. The number of hydrogen-bond donors (Lipinski definition) is 1. The number of ether oxygens (including phenoxy) is 1. The number of aromatic nitrogens is 2. The molecule has 1 aliphatic rings. The summed E-state index contributed by atoms with van der Waals surface area (Å²) >= 11 is 0. The maximum atomic E-state index is 5.96. The smallest absolute Gasteiger partial charge is 0.219 e. The van der Waals surface area contributed by atoms with Gasteiger partial charge >= 0.3 is 0 Å². The highest BCUT2D eigenvalue weighted by Crippen LogP contribution is 2.25. The van der Waals surface area contributed by atoms with Gasteiger partial charge in [-0.05, 0) is 23.8 Å². The van der Waals surface area contributed by atoms with Crippen molar-refractivity contribution in [3.8, 4) is 11.6 Å². The second kappa shape index (κ2) is 7.23. The van der Waals surface area contributed by atoms with E-state index in [1.54, 1.807) is 6.20 Å². The van der Waals surface area contributed by atoms with Gasteiger partial charge in [0.05, 0.1) is 6.54 Å². The Hall–Kier alpha value is -3.41. The summed E-state index contributed by atoms with van der Waals surface area (Å²) in [5.74, 6) is 2.08. The third-order valence-electron chi connectivity index (χ3n) is 4.22. The van der Waals surface area contributed by atoms with Gasteiger partial charge in [0, 0.05) is 42.7 Å². The first kappa shape index (κ1) is 16.1. The van der Waals surface area contributed by atoms with Gasteiger partial charge in [-0.25, -0.2) is 9.97 Å². The Bertz CT molecular complexity index is 896. The van der Waals surface area contributed by atoms with Crippen LogP contribution in [0, 0.1) is 0 Å². The fourth-order valence-electron chi connectivity index (χ4n) is 2.91. The van der Waals surface area contributed by atoms with Crippen LogP contribution in [0.25, 0.3) is 0 Å². The average molecular weight is 345 g/mol. The molecule has 0 saturated carbocycles. The van der Waals surface area contributed by atoms with E-state index in [1.807, 2.05) is 72.0 Å². The summed E-state index contributed by atoms with van der Waals surface area (Å²) in [6.45, 7) is 1.46. The Morgan fingerprint density at radius 2 is 1.92 bits per heavy atom. The number of nitrogens with zero attached hydrogens (tertiary/aromatic N) is 4. The first-order valence-electron chi connectivity index (χ1n) is 8.45. The van der Waals surface area contributed by atoms with Crippen LogP contribution >= 0.6 is 0 Å². The largest absolute Gasteiger partial charge is 0.439 e. The number of nitrogen functional groups attached to an aromatic ring is 1. The number of hydrazone groups is 1. The van der Waals surface area contributed by atoms with E-state index in [0.717, 1.165) is 23.4 Å². The molecule has 4 rings (SSSR count). The molecule has 130 valence electrons. The number of anilines is 1. The molecule has 6 heteroatoms. The molecule has 0 radical (unpaired) electrons. The van der Waals surface area contributed by atoms with Crippen LogP contribution in [-0.4, -0.2) is 27.7 Å². The van der Waals surface area contributed by atoms with E-state index in [9.17, 15) is 0 Å². The maximum absolute atomic E-state index is 5.96. The van der Waals surface area contributed by atoms with Gasteiger partial charge in [-0.3, -0.25) is 5.01 Å². The van der Waals surface area contributed by atoms with Crippen molar-refractivity contribution in [2.75, 3.05) is 12.3 Å². The second-order valence-corrected chi connectivity index (χ2v) is 6.12. The molecule has 0 bridgehead atoms. The van der Waals surface area contributed by atoms with Gasteiger partial charge < -0.3 is 10.5 Å². The number of nitrogens with two attached hydrogens (primary N) is 1. The van der Waals surface area contributed by atoms with Crippen LogP contribution in [0.4, 0.5) is 5.82 Å². The molecule has 0 amide bonds. The van der Waals surface area contributed by atoms with Crippen LogP contribution in [-0.2, 0) is 6.54 Å². The van der Waals surface area contributed by atoms with Crippen LogP contribution in [0.2, 0.25) is 0 Å². The molecule has 0 saturated heterocycles. The Labute approximate surface area is 152 Å². The summed E-state index contributed by atoms with van der Waals surface area (Å²) in [4.78, 5) is 8.53. The summed E-state index contributed by atoms with van der Waals surface area (Å²) in [5.41, 5.74) is 8.05. The number of rotatable bonds is 5. The predicted molar refractivity (Wildman–Crippen MR) is 101 cm³/mol. The summed E-state index contributed by atoms with van der Waals surface area (Å²) in [6, 6.07) is 17.4. The number of hydrogen-bond acceptors (Lipinski definition) is 6. The van der Waals surface area contributed by atoms with E-state index in [2.05, 4.69) is 15.1 Å². The number of pyridine rings is 2. The minimum Gasteiger partial charge on any atom is -0.439 e. The van der Waals surface area contributed by atoms with Crippen molar-refractivity contribution in [3.05, 3.63) is 78.1 Å². The molecule has 0 fully saturated rings. The quantitative estimate of drug-likeness (QED) is 0.766. The zero-order valence-electron chi connectivity index (χ0n) is 14.2. The Balaban J connectivity index is 1.37. The zero-order valence-corrected chi connectivity index (χ0v) is 14.2. The van der Waals surface area contributed by atoms with Gasteiger partial charge in [0.15, 0.2) is 0 Å². The van der Waals surface area contributed by atoms with Crippen LogP contribution in [0.1, 0.15) is 17.0 Å². The van der Waals surface area contributed by atoms with Crippen LogP contribution in [0.5, 0.6) is 11.6 Å². The monoisotopic (exact) mass is 345 g/mol. The second-order valence-electron chi connectivity index (χ2n) is 6.12. The maximum Gasteiger partial charge on any atom is 0.219 e. The first-order chi connectivity index (χ1) is 12.8.